The molecule has 0 aromatic carbocycles. The van der Waals surface area contributed by atoms with E-state index < -0.39 is 11.9 Å². The van der Waals surface area contributed by atoms with Crippen molar-refractivity contribution in [2.45, 2.75) is 39.0 Å². The summed E-state index contributed by atoms with van der Waals surface area (Å²) in [4.78, 5) is 38.2. The quantitative estimate of drug-likeness (QED) is 0.472. The molecule has 0 saturated carbocycles. The van der Waals surface area contributed by atoms with Crippen LogP contribution in [0.15, 0.2) is 0 Å². The minimum atomic E-state index is -0.517. The van der Waals surface area contributed by atoms with Crippen molar-refractivity contribution in [3.63, 3.8) is 0 Å². The molecule has 0 spiro atoms. The lowest BCUT2D eigenvalue weighted by atomic mass is 9.85. The van der Waals surface area contributed by atoms with Crippen LogP contribution in [0.2, 0.25) is 0 Å². The molecular weight excluding hydrogens is 388 g/mol. The Bertz CT molecular complexity index is 690. The molecule has 0 bridgehead atoms. The number of carbonyl (C=O) groups excluding carboxylic acids is 3. The van der Waals surface area contributed by atoms with Gasteiger partial charge in [0.2, 0.25) is 5.91 Å². The molecule has 1 aromatic heterocycles. The Morgan fingerprint density at radius 3 is 2.67 bits per heavy atom. The molecule has 0 fully saturated rings. The Kier molecular flexibility index (Phi) is 8.59. The molecule has 1 atom stereocenters. The van der Waals surface area contributed by atoms with E-state index in [4.69, 9.17) is 15.2 Å². The van der Waals surface area contributed by atoms with Crippen molar-refractivity contribution in [1.29, 1.82) is 0 Å². The molecular formula is C18H26N2O5S2. The van der Waals surface area contributed by atoms with Gasteiger partial charge in [-0.15, -0.1) is 11.3 Å². The smallest absolute Gasteiger partial charge is 0.341 e. The van der Waals surface area contributed by atoms with Gasteiger partial charge in [0.1, 0.15) is 5.00 Å². The second-order valence-corrected chi connectivity index (χ2v) is 8.16. The summed E-state index contributed by atoms with van der Waals surface area (Å²) in [5, 5.41) is 3.27. The molecule has 0 saturated heterocycles. The van der Waals surface area contributed by atoms with E-state index in [9.17, 15) is 14.4 Å². The summed E-state index contributed by atoms with van der Waals surface area (Å²) >= 11 is 2.78. The maximum atomic E-state index is 12.6. The largest absolute Gasteiger partial charge is 0.466 e. The number of nitrogens with two attached hydrogens (primary N) is 1. The van der Waals surface area contributed by atoms with Crippen LogP contribution in [0.1, 0.15) is 53.4 Å². The molecule has 27 heavy (non-hydrogen) atoms. The van der Waals surface area contributed by atoms with Crippen LogP contribution in [-0.2, 0) is 25.5 Å². The van der Waals surface area contributed by atoms with Crippen molar-refractivity contribution < 1.29 is 23.9 Å². The molecule has 2 rings (SSSR count). The Morgan fingerprint density at radius 2 is 2.00 bits per heavy atom. The lowest BCUT2D eigenvalue weighted by Crippen LogP contribution is -2.23. The molecule has 1 aromatic rings. The van der Waals surface area contributed by atoms with Crippen molar-refractivity contribution in [1.82, 2.24) is 0 Å². The fraction of sp³-hybridized carbons (Fsp3) is 0.611. The number of esters is 2. The standard InChI is InChI=1S/C18H26N2O5S2/c1-3-24-17(22)11-6-5-7-12-14(11)15(18(23)25-4-2)16(27-12)20-13(21)10-26-9-8-19/h11H,3-10,19H2,1-2H3,(H,20,21). The minimum absolute atomic E-state index is 0.203. The number of amides is 1. The van der Waals surface area contributed by atoms with Gasteiger partial charge in [-0.3, -0.25) is 9.59 Å². The summed E-state index contributed by atoms with van der Waals surface area (Å²) < 4.78 is 10.4. The zero-order chi connectivity index (χ0) is 19.8. The van der Waals surface area contributed by atoms with Crippen LogP contribution in [0, 0.1) is 0 Å². The maximum Gasteiger partial charge on any atom is 0.341 e. The number of carbonyl (C=O) groups is 3. The van der Waals surface area contributed by atoms with Crippen molar-refractivity contribution >= 4 is 45.9 Å². The number of rotatable bonds is 9. The monoisotopic (exact) mass is 414 g/mol. The SMILES string of the molecule is CCOC(=O)c1c(NC(=O)CSCCN)sc2c1C(C(=O)OCC)CCC2. The predicted molar refractivity (Wildman–Crippen MR) is 108 cm³/mol. The van der Waals surface area contributed by atoms with E-state index in [0.717, 1.165) is 17.7 Å². The van der Waals surface area contributed by atoms with Gasteiger partial charge in [-0.1, -0.05) is 0 Å². The fourth-order valence-electron chi connectivity index (χ4n) is 3.04. The molecule has 7 nitrogen and oxygen atoms in total. The zero-order valence-electron chi connectivity index (χ0n) is 15.7. The average Bonchev–Trinajstić information content (AvgIpc) is 3.00. The van der Waals surface area contributed by atoms with Gasteiger partial charge in [0.25, 0.3) is 0 Å². The summed E-state index contributed by atoms with van der Waals surface area (Å²) in [6.07, 6.45) is 2.22. The number of thiophene rings is 1. The van der Waals surface area contributed by atoms with E-state index in [1.165, 1.54) is 23.1 Å². The number of fused-ring (bicyclic) bond motifs is 1. The Hall–Kier alpha value is -1.58. The van der Waals surface area contributed by atoms with E-state index in [1.54, 1.807) is 13.8 Å². The summed E-state index contributed by atoms with van der Waals surface area (Å²) in [5.41, 5.74) is 6.40. The van der Waals surface area contributed by atoms with Crippen LogP contribution in [0.25, 0.3) is 0 Å². The van der Waals surface area contributed by atoms with Gasteiger partial charge < -0.3 is 20.5 Å². The Labute approximate surface area is 167 Å². The highest BCUT2D eigenvalue weighted by atomic mass is 32.2. The van der Waals surface area contributed by atoms with Gasteiger partial charge >= 0.3 is 11.9 Å². The highest BCUT2D eigenvalue weighted by Gasteiger charge is 2.36. The van der Waals surface area contributed by atoms with Crippen molar-refractivity contribution in [2.24, 2.45) is 5.73 Å². The van der Waals surface area contributed by atoms with Crippen LogP contribution in [0.4, 0.5) is 5.00 Å². The first-order valence-corrected chi connectivity index (χ1v) is 11.1. The zero-order valence-corrected chi connectivity index (χ0v) is 17.3. The second-order valence-electron chi connectivity index (χ2n) is 5.95. The number of aryl methyl sites for hydroxylation is 1. The summed E-state index contributed by atoms with van der Waals surface area (Å²) in [5.74, 6) is -0.617. The van der Waals surface area contributed by atoms with Crippen LogP contribution in [-0.4, -0.2) is 49.1 Å². The topological polar surface area (TPSA) is 108 Å². The number of thioether (sulfide) groups is 1. The van der Waals surface area contributed by atoms with E-state index in [0.29, 0.717) is 34.8 Å². The number of hydrogen-bond donors (Lipinski definition) is 2. The molecule has 3 N–H and O–H groups in total. The third kappa shape index (κ3) is 5.46. The van der Waals surface area contributed by atoms with Crippen LogP contribution >= 0.6 is 23.1 Å². The van der Waals surface area contributed by atoms with Crippen LogP contribution in [0.3, 0.4) is 0 Å². The normalized spacial score (nSPS) is 15.7. The third-order valence-electron chi connectivity index (χ3n) is 4.07. The Balaban J connectivity index is 2.35. The highest BCUT2D eigenvalue weighted by Crippen LogP contribution is 2.44. The lowest BCUT2D eigenvalue weighted by Gasteiger charge is -2.22. The van der Waals surface area contributed by atoms with Gasteiger partial charge in [-0.2, -0.15) is 11.8 Å². The van der Waals surface area contributed by atoms with Crippen molar-refractivity contribution in [3.05, 3.63) is 16.0 Å². The molecule has 0 aliphatic heterocycles. The molecule has 9 heteroatoms. The van der Waals surface area contributed by atoms with Gasteiger partial charge in [0.15, 0.2) is 0 Å². The van der Waals surface area contributed by atoms with E-state index in [1.807, 2.05) is 0 Å². The third-order valence-corrected chi connectivity index (χ3v) is 6.24. The minimum Gasteiger partial charge on any atom is -0.466 e. The molecule has 0 radical (unpaired) electrons. The van der Waals surface area contributed by atoms with Crippen LogP contribution in [0.5, 0.6) is 0 Å². The van der Waals surface area contributed by atoms with Crippen molar-refractivity contribution in [2.75, 3.05) is 36.6 Å². The number of hydrogen-bond acceptors (Lipinski definition) is 8. The van der Waals surface area contributed by atoms with E-state index in [2.05, 4.69) is 5.32 Å². The molecule has 1 amide bonds. The number of anilines is 1. The first-order valence-electron chi connectivity index (χ1n) is 9.10. The molecule has 150 valence electrons. The summed E-state index contributed by atoms with van der Waals surface area (Å²) in [7, 11) is 0. The fourth-order valence-corrected chi connectivity index (χ4v) is 4.92. The number of nitrogens with one attached hydrogen (secondary N) is 1. The van der Waals surface area contributed by atoms with Gasteiger partial charge in [-0.25, -0.2) is 4.79 Å². The van der Waals surface area contributed by atoms with Gasteiger partial charge in [-0.05, 0) is 38.7 Å². The van der Waals surface area contributed by atoms with Gasteiger partial charge in [0.05, 0.1) is 30.4 Å². The second kappa shape index (κ2) is 10.7. The molecule has 1 aliphatic rings. The van der Waals surface area contributed by atoms with E-state index >= 15 is 0 Å². The van der Waals surface area contributed by atoms with Crippen LogP contribution < -0.4 is 11.1 Å². The van der Waals surface area contributed by atoms with Gasteiger partial charge in [0, 0.05) is 17.2 Å². The first kappa shape index (κ1) is 21.7. The summed E-state index contributed by atoms with van der Waals surface area (Å²) in [6.45, 7) is 4.48. The van der Waals surface area contributed by atoms with E-state index in [-0.39, 0.29) is 30.8 Å². The lowest BCUT2D eigenvalue weighted by molar-refractivity contribution is -0.145. The highest BCUT2D eigenvalue weighted by molar-refractivity contribution is 7.99. The molecule has 1 unspecified atom stereocenters. The number of ether oxygens (including phenoxy) is 2. The van der Waals surface area contributed by atoms with Crippen molar-refractivity contribution in [3.8, 4) is 0 Å². The average molecular weight is 415 g/mol. The Morgan fingerprint density at radius 1 is 1.26 bits per heavy atom. The summed E-state index contributed by atoms with van der Waals surface area (Å²) in [6, 6.07) is 0. The molecule has 1 aliphatic carbocycles. The predicted octanol–water partition coefficient (Wildman–Crippen LogP) is 2.54. The maximum absolute atomic E-state index is 12.6. The molecule has 1 heterocycles. The first-order chi connectivity index (χ1) is 13.0.